The summed E-state index contributed by atoms with van der Waals surface area (Å²) in [5, 5.41) is 0. The predicted molar refractivity (Wildman–Crippen MR) is 80.4 cm³/mol. The van der Waals surface area contributed by atoms with Crippen LogP contribution in [-0.4, -0.2) is 34.6 Å². The summed E-state index contributed by atoms with van der Waals surface area (Å²) in [6.07, 6.45) is 2.26. The van der Waals surface area contributed by atoms with Crippen LogP contribution in [0.2, 0.25) is 19.6 Å². The maximum atomic E-state index is 5.90. The lowest BCUT2D eigenvalue weighted by atomic mass is 10.4. The average Bonchev–Trinajstić information content (AvgIpc) is 2.16. The third kappa shape index (κ3) is 4.18. The summed E-state index contributed by atoms with van der Waals surface area (Å²) in [5.74, 6) is 0. The number of hydrogen-bond donors (Lipinski definition) is 1. The monoisotopic (exact) mass is 280 g/mol. The molecule has 0 heterocycles. The van der Waals surface area contributed by atoms with Crippen molar-refractivity contribution < 1.29 is 8.85 Å². The molecule has 0 aromatic heterocycles. The van der Waals surface area contributed by atoms with E-state index in [4.69, 9.17) is 21.5 Å². The molecule has 16 heavy (non-hydrogen) atoms. The number of hydrogen-bond acceptors (Lipinski definition) is 3. The van der Waals surface area contributed by atoms with Crippen LogP contribution in [0.15, 0.2) is 0 Å². The zero-order valence-electron chi connectivity index (χ0n) is 11.7. The Balaban J connectivity index is 4.95. The Morgan fingerprint density at radius 3 is 1.75 bits per heavy atom. The van der Waals surface area contributed by atoms with Crippen molar-refractivity contribution in [2.45, 2.75) is 57.2 Å². The van der Waals surface area contributed by atoms with Crippen molar-refractivity contribution in [1.82, 2.24) is 0 Å². The molecule has 98 valence electrons. The lowest BCUT2D eigenvalue weighted by molar-refractivity contribution is 0.206. The van der Waals surface area contributed by atoms with E-state index in [1.807, 2.05) is 13.8 Å². The molecular formula is C11H28O2SSi2. The summed E-state index contributed by atoms with van der Waals surface area (Å²) in [5.41, 5.74) is 0. The van der Waals surface area contributed by atoms with Gasteiger partial charge in [0.25, 0.3) is 0 Å². The zero-order valence-corrected chi connectivity index (χ0v) is 14.7. The van der Waals surface area contributed by atoms with Gasteiger partial charge in [-0.05, 0) is 20.3 Å². The maximum Gasteiger partial charge on any atom is 0.334 e. The van der Waals surface area contributed by atoms with Gasteiger partial charge in [-0.15, -0.1) is 0 Å². The van der Waals surface area contributed by atoms with E-state index in [1.165, 1.54) is 0 Å². The van der Waals surface area contributed by atoms with Gasteiger partial charge in [0.05, 0.1) is 8.07 Å². The Labute approximate surface area is 109 Å². The summed E-state index contributed by atoms with van der Waals surface area (Å²) < 4.78 is 11.8. The van der Waals surface area contributed by atoms with E-state index in [0.29, 0.717) is 0 Å². The molecule has 0 unspecified atom stereocenters. The van der Waals surface area contributed by atoms with Crippen molar-refractivity contribution in [3.63, 3.8) is 0 Å². The Morgan fingerprint density at radius 1 is 1.06 bits per heavy atom. The molecule has 0 amide bonds. The van der Waals surface area contributed by atoms with Crippen LogP contribution < -0.4 is 0 Å². The van der Waals surface area contributed by atoms with E-state index >= 15 is 0 Å². The molecule has 0 spiro atoms. The smallest absolute Gasteiger partial charge is 0.334 e. The summed E-state index contributed by atoms with van der Waals surface area (Å²) >= 11 is 5.02. The van der Waals surface area contributed by atoms with Crippen LogP contribution in [0.3, 0.4) is 0 Å². The second-order valence-electron chi connectivity index (χ2n) is 5.17. The molecule has 0 radical (unpaired) electrons. The largest absolute Gasteiger partial charge is 0.396 e. The Morgan fingerprint density at radius 2 is 1.50 bits per heavy atom. The van der Waals surface area contributed by atoms with Gasteiger partial charge in [0.2, 0.25) is 0 Å². The van der Waals surface area contributed by atoms with Crippen molar-refractivity contribution in [2.24, 2.45) is 0 Å². The first-order valence-corrected chi connectivity index (χ1v) is 11.8. The molecule has 1 atom stereocenters. The van der Waals surface area contributed by atoms with Gasteiger partial charge < -0.3 is 8.85 Å². The third-order valence-corrected chi connectivity index (χ3v) is 14.3. The molecule has 0 rings (SSSR count). The fourth-order valence-corrected chi connectivity index (χ4v) is 8.63. The van der Waals surface area contributed by atoms with Gasteiger partial charge in [-0.25, -0.2) is 0 Å². The van der Waals surface area contributed by atoms with E-state index in [0.717, 1.165) is 26.1 Å². The first-order chi connectivity index (χ1) is 7.33. The van der Waals surface area contributed by atoms with Crippen LogP contribution in [0, 0.1) is 0 Å². The molecule has 0 aromatic rings. The Kier molecular flexibility index (Phi) is 7.52. The van der Waals surface area contributed by atoms with Crippen LogP contribution in [0.1, 0.15) is 33.6 Å². The number of thiol groups is 1. The minimum Gasteiger partial charge on any atom is -0.396 e. The SMILES string of the molecule is CCC[C@@](S)([SiH](OCC)OCC)[Si](C)(C)C. The standard InChI is InChI=1S/C11H28O2SSi2/c1-7-10-11(14,16(4,5)6)15(12-8-2)13-9-3/h14-15H,7-10H2,1-6H3/t11-/m1/s1. The lowest BCUT2D eigenvalue weighted by Crippen LogP contribution is -2.60. The van der Waals surface area contributed by atoms with Gasteiger partial charge in [-0.2, -0.15) is 12.6 Å². The quantitative estimate of drug-likeness (QED) is 0.544. The van der Waals surface area contributed by atoms with E-state index in [-0.39, 0.29) is 3.99 Å². The van der Waals surface area contributed by atoms with Gasteiger partial charge in [-0.3, -0.25) is 0 Å². The van der Waals surface area contributed by atoms with Crippen LogP contribution >= 0.6 is 12.6 Å². The van der Waals surface area contributed by atoms with Gasteiger partial charge >= 0.3 is 9.28 Å². The predicted octanol–water partition coefficient (Wildman–Crippen LogP) is 3.17. The minimum atomic E-state index is -1.68. The topological polar surface area (TPSA) is 18.5 Å². The lowest BCUT2D eigenvalue weighted by Gasteiger charge is -2.43. The van der Waals surface area contributed by atoms with Gasteiger partial charge in [0.1, 0.15) is 0 Å². The second kappa shape index (κ2) is 7.21. The van der Waals surface area contributed by atoms with E-state index < -0.39 is 17.4 Å². The molecule has 2 nitrogen and oxygen atoms in total. The molecule has 0 aromatic carbocycles. The molecule has 0 N–H and O–H groups in total. The summed E-state index contributed by atoms with van der Waals surface area (Å²) in [6.45, 7) is 14.9. The van der Waals surface area contributed by atoms with Crippen molar-refractivity contribution >= 4 is 30.0 Å². The molecule has 0 saturated heterocycles. The summed E-state index contributed by atoms with van der Waals surface area (Å²) in [6, 6.07) is 0. The van der Waals surface area contributed by atoms with Crippen LogP contribution in [0.4, 0.5) is 0 Å². The Hall–Kier alpha value is 0.704. The molecule has 0 fully saturated rings. The first kappa shape index (κ1) is 16.7. The maximum absolute atomic E-state index is 5.90. The normalized spacial score (nSPS) is 16.5. The molecule has 0 aliphatic carbocycles. The van der Waals surface area contributed by atoms with Crippen molar-refractivity contribution in [3.05, 3.63) is 0 Å². The fraction of sp³-hybridized carbons (Fsp3) is 1.00. The van der Waals surface area contributed by atoms with Crippen molar-refractivity contribution in [3.8, 4) is 0 Å². The van der Waals surface area contributed by atoms with Crippen LogP contribution in [0.5, 0.6) is 0 Å². The highest BCUT2D eigenvalue weighted by molar-refractivity contribution is 7.86. The van der Waals surface area contributed by atoms with Gasteiger partial charge in [0.15, 0.2) is 0 Å². The minimum absolute atomic E-state index is 0.0355. The molecule has 0 aliphatic rings. The zero-order chi connectivity index (χ0) is 12.8. The number of rotatable bonds is 8. The van der Waals surface area contributed by atoms with E-state index in [9.17, 15) is 0 Å². The molecule has 0 aliphatic heterocycles. The Bertz CT molecular complexity index is 191. The first-order valence-electron chi connectivity index (χ1n) is 6.29. The fourth-order valence-electron chi connectivity index (χ4n) is 1.85. The van der Waals surface area contributed by atoms with E-state index in [2.05, 4.69) is 26.6 Å². The van der Waals surface area contributed by atoms with Crippen LogP contribution in [-0.2, 0) is 8.85 Å². The molecule has 0 bridgehead atoms. The van der Waals surface area contributed by atoms with Gasteiger partial charge in [-0.1, -0.05) is 33.0 Å². The second-order valence-corrected chi connectivity index (χ2v) is 15.2. The molecule has 0 saturated carbocycles. The molecular weight excluding hydrogens is 252 g/mol. The highest BCUT2D eigenvalue weighted by Gasteiger charge is 2.49. The molecule has 5 heteroatoms. The van der Waals surface area contributed by atoms with E-state index in [1.54, 1.807) is 0 Å². The van der Waals surface area contributed by atoms with Crippen molar-refractivity contribution in [1.29, 1.82) is 0 Å². The van der Waals surface area contributed by atoms with Crippen molar-refractivity contribution in [2.75, 3.05) is 13.2 Å². The highest BCUT2D eigenvalue weighted by Crippen LogP contribution is 2.35. The highest BCUT2D eigenvalue weighted by atomic mass is 32.1. The average molecular weight is 281 g/mol. The summed E-state index contributed by atoms with van der Waals surface area (Å²) in [7, 11) is -3.07. The van der Waals surface area contributed by atoms with Crippen LogP contribution in [0.25, 0.3) is 0 Å². The van der Waals surface area contributed by atoms with Gasteiger partial charge in [0, 0.05) is 17.2 Å². The summed E-state index contributed by atoms with van der Waals surface area (Å²) in [4.78, 5) is 0. The third-order valence-electron chi connectivity index (χ3n) is 2.96.